The Hall–Kier alpha value is -1.60. The molecule has 0 spiro atoms. The van der Waals surface area contributed by atoms with Crippen molar-refractivity contribution >= 4 is 27.3 Å². The van der Waals surface area contributed by atoms with Crippen LogP contribution in [0.1, 0.15) is 12.0 Å². The zero-order chi connectivity index (χ0) is 14.5. The third-order valence-corrected chi connectivity index (χ3v) is 5.39. The summed E-state index contributed by atoms with van der Waals surface area (Å²) in [4.78, 5) is 10.4. The van der Waals surface area contributed by atoms with Gasteiger partial charge in [0.1, 0.15) is 0 Å². The van der Waals surface area contributed by atoms with Crippen LogP contribution in [0.25, 0.3) is 0 Å². The lowest BCUT2D eigenvalue weighted by Crippen LogP contribution is -1.96. The summed E-state index contributed by atoms with van der Waals surface area (Å²) < 4.78 is 22.3. The number of aryl methyl sites for hydroxylation is 1. The van der Waals surface area contributed by atoms with Crippen molar-refractivity contribution in [2.24, 2.45) is 0 Å². The highest BCUT2D eigenvalue weighted by molar-refractivity contribution is 8.24. The second kappa shape index (κ2) is 6.71. The van der Waals surface area contributed by atoms with Crippen molar-refractivity contribution in [3.63, 3.8) is 0 Å². The van der Waals surface area contributed by atoms with Crippen LogP contribution in [0.5, 0.6) is 0 Å². The van der Waals surface area contributed by atoms with E-state index < -0.39 is 15.6 Å². The van der Waals surface area contributed by atoms with E-state index in [0.717, 1.165) is 0 Å². The van der Waals surface area contributed by atoms with E-state index in [1.54, 1.807) is 0 Å². The molecular formula is C13H14NO4S2. The number of thiol groups is 2. The van der Waals surface area contributed by atoms with Gasteiger partial charge in [-0.25, -0.2) is 19.3 Å². The second-order valence-corrected chi connectivity index (χ2v) is 7.03. The summed E-state index contributed by atoms with van der Waals surface area (Å²) >= 11 is 0. The van der Waals surface area contributed by atoms with Gasteiger partial charge >= 0.3 is 0 Å². The van der Waals surface area contributed by atoms with Gasteiger partial charge < -0.3 is 0 Å². The molecule has 1 heterocycles. The first kappa shape index (κ1) is 14.8. The van der Waals surface area contributed by atoms with Crippen LogP contribution < -0.4 is 0 Å². The average Bonchev–Trinajstić information content (AvgIpc) is 2.91. The Morgan fingerprint density at radius 2 is 1.95 bits per heavy atom. The summed E-state index contributed by atoms with van der Waals surface area (Å²) in [5, 5.41) is 14.9. The van der Waals surface area contributed by atoms with E-state index in [1.165, 1.54) is 18.2 Å². The molecule has 20 heavy (non-hydrogen) atoms. The molecule has 2 rings (SSSR count). The summed E-state index contributed by atoms with van der Waals surface area (Å²) in [5.74, 6) is 2.12. The molecule has 5 nitrogen and oxygen atoms in total. The Morgan fingerprint density at radius 3 is 2.55 bits per heavy atom. The van der Waals surface area contributed by atoms with Crippen LogP contribution in [-0.2, 0) is 17.1 Å². The minimum atomic E-state index is -2.73. The molecule has 0 unspecified atom stereocenters. The van der Waals surface area contributed by atoms with Gasteiger partial charge in [0.15, 0.2) is 10.7 Å². The van der Waals surface area contributed by atoms with Crippen LogP contribution in [0.15, 0.2) is 46.1 Å². The van der Waals surface area contributed by atoms with Gasteiger partial charge in [-0.3, -0.25) is 10.1 Å². The largest absolute Gasteiger partial charge is 0.269 e. The minimum absolute atomic E-state index is 0.0769. The topological polar surface area (TPSA) is 77.3 Å². The van der Waals surface area contributed by atoms with Crippen LogP contribution in [-0.4, -0.2) is 13.3 Å². The van der Waals surface area contributed by atoms with Gasteiger partial charge in [-0.1, -0.05) is 12.2 Å². The third-order valence-electron chi connectivity index (χ3n) is 2.85. The number of nitro groups is 1. The number of nitrogens with zero attached hydrogens (tertiary/aromatic N) is 1. The molecule has 0 amide bonds. The Bertz CT molecular complexity index is 630. The van der Waals surface area contributed by atoms with Crippen LogP contribution in [0.4, 0.5) is 5.69 Å². The Morgan fingerprint density at radius 1 is 1.25 bits per heavy atom. The summed E-state index contributed by atoms with van der Waals surface area (Å²) in [6, 6.07) is 3.88. The number of non-ortho nitro benzene ring substituents is 1. The molecule has 0 aromatic heterocycles. The zero-order valence-electron chi connectivity index (χ0n) is 10.5. The summed E-state index contributed by atoms with van der Waals surface area (Å²) in [6.07, 6.45) is 5.14. The molecule has 0 saturated heterocycles. The molecule has 0 fully saturated rings. The fraction of sp³-hybridized carbons (Fsp3) is 0.154. The maximum absolute atomic E-state index is 11.2. The van der Waals surface area contributed by atoms with Crippen molar-refractivity contribution in [1.82, 2.24) is 0 Å². The highest BCUT2D eigenvalue weighted by atomic mass is 32.2. The molecular weight excluding hydrogens is 298 g/mol. The number of rotatable bonds is 6. The predicted octanol–water partition coefficient (Wildman–Crippen LogP) is 2.70. The number of hydrogen-bond acceptors (Lipinski definition) is 4. The van der Waals surface area contributed by atoms with Crippen molar-refractivity contribution in [2.75, 3.05) is 0 Å². The molecule has 0 aliphatic carbocycles. The third kappa shape index (κ3) is 3.71. The number of benzene rings is 1. The fourth-order valence-electron chi connectivity index (χ4n) is 1.90. The standard InChI is InChI=1S/C13H14NO4S2/c15-14(16)12-5-6-13(20(17)18)11(10-12)4-3-9-19-7-1-2-8-19/h1-2,5-10,19-20H,3-4H2. The van der Waals surface area contributed by atoms with Gasteiger partial charge in [-0.15, -0.1) is 0 Å². The predicted molar refractivity (Wildman–Crippen MR) is 81.6 cm³/mol. The van der Waals surface area contributed by atoms with E-state index in [0.29, 0.717) is 18.4 Å². The molecule has 1 aromatic carbocycles. The Balaban J connectivity index is 2.10. The average molecular weight is 312 g/mol. The van der Waals surface area contributed by atoms with Crippen molar-refractivity contribution < 1.29 is 13.3 Å². The van der Waals surface area contributed by atoms with E-state index in [-0.39, 0.29) is 21.5 Å². The SMILES string of the molecule is O=[N+]([O-])c1ccc([SH](=O)=O)c(CC[CH][SH]2C=CC=C2)c1. The zero-order valence-corrected chi connectivity index (χ0v) is 12.3. The first-order chi connectivity index (χ1) is 9.58. The van der Waals surface area contributed by atoms with Crippen LogP contribution in [0.3, 0.4) is 0 Å². The lowest BCUT2D eigenvalue weighted by Gasteiger charge is -2.09. The van der Waals surface area contributed by atoms with Crippen molar-refractivity contribution in [3.8, 4) is 0 Å². The molecule has 1 aromatic rings. The van der Waals surface area contributed by atoms with Gasteiger partial charge in [0, 0.05) is 17.9 Å². The van der Waals surface area contributed by atoms with Crippen LogP contribution in [0, 0.1) is 15.9 Å². The van der Waals surface area contributed by atoms with Crippen LogP contribution >= 0.6 is 10.9 Å². The highest BCUT2D eigenvalue weighted by Gasteiger charge is 2.12. The minimum Gasteiger partial charge on any atom is -0.258 e. The number of allylic oxidation sites excluding steroid dienone is 2. The van der Waals surface area contributed by atoms with Crippen molar-refractivity contribution in [3.05, 3.63) is 62.6 Å². The molecule has 0 saturated carbocycles. The molecule has 0 atom stereocenters. The maximum Gasteiger partial charge on any atom is 0.269 e. The van der Waals surface area contributed by atoms with Crippen LogP contribution in [0.2, 0.25) is 0 Å². The monoisotopic (exact) mass is 312 g/mol. The van der Waals surface area contributed by atoms with E-state index in [2.05, 4.69) is 16.6 Å². The molecule has 1 aliphatic heterocycles. The van der Waals surface area contributed by atoms with Crippen molar-refractivity contribution in [1.29, 1.82) is 0 Å². The van der Waals surface area contributed by atoms with E-state index in [4.69, 9.17) is 0 Å². The quantitative estimate of drug-likeness (QED) is 0.481. The van der Waals surface area contributed by atoms with Gasteiger partial charge in [-0.05, 0) is 35.3 Å². The van der Waals surface area contributed by atoms with Gasteiger partial charge in [0.2, 0.25) is 0 Å². The molecule has 1 radical (unpaired) electrons. The molecule has 107 valence electrons. The lowest BCUT2D eigenvalue weighted by atomic mass is 10.1. The summed E-state index contributed by atoms with van der Waals surface area (Å²) in [5.41, 5.74) is 0.431. The van der Waals surface area contributed by atoms with E-state index in [1.807, 2.05) is 12.2 Å². The second-order valence-electron chi connectivity index (χ2n) is 4.18. The molecule has 0 N–H and O–H groups in total. The van der Waals surface area contributed by atoms with Gasteiger partial charge in [0.25, 0.3) is 5.69 Å². The molecule has 7 heteroatoms. The highest BCUT2D eigenvalue weighted by Crippen LogP contribution is 2.37. The smallest absolute Gasteiger partial charge is 0.258 e. The van der Waals surface area contributed by atoms with E-state index in [9.17, 15) is 18.5 Å². The Kier molecular flexibility index (Phi) is 4.97. The van der Waals surface area contributed by atoms with E-state index >= 15 is 0 Å². The lowest BCUT2D eigenvalue weighted by molar-refractivity contribution is -0.385. The number of nitro benzene ring substituents is 1. The first-order valence-electron chi connectivity index (χ1n) is 5.95. The fourth-order valence-corrected chi connectivity index (χ4v) is 3.88. The summed E-state index contributed by atoms with van der Waals surface area (Å²) in [7, 11) is -3.09. The Labute approximate surface area is 121 Å². The van der Waals surface area contributed by atoms with Gasteiger partial charge in [0.05, 0.1) is 9.82 Å². The maximum atomic E-state index is 11.2. The van der Waals surface area contributed by atoms with Crippen molar-refractivity contribution in [2.45, 2.75) is 17.7 Å². The summed E-state index contributed by atoms with van der Waals surface area (Å²) in [6.45, 7) is 0. The first-order valence-corrected chi connectivity index (χ1v) is 8.68. The number of hydrogen-bond donors (Lipinski definition) is 2. The molecule has 0 bridgehead atoms. The normalized spacial score (nSPS) is 15.2. The van der Waals surface area contributed by atoms with Gasteiger partial charge in [-0.2, -0.15) is 0 Å². The molecule has 1 aliphatic rings.